The fraction of sp³-hybridized carbons (Fsp3) is 0.333. The normalized spacial score (nSPS) is 12.2. The van der Waals surface area contributed by atoms with Gasteiger partial charge in [0.1, 0.15) is 18.1 Å². The Labute approximate surface area is 195 Å². The minimum atomic E-state index is -0.960. The topological polar surface area (TPSA) is 77.9 Å². The molecule has 0 bridgehead atoms. The molecule has 0 fully saturated rings. The number of ether oxygens (including phenoxy) is 3. The number of carboxylic acids is 1. The molecular weight excluding hydrogens is 509 g/mol. The van der Waals surface area contributed by atoms with Crippen LogP contribution in [-0.4, -0.2) is 34.9 Å². The summed E-state index contributed by atoms with van der Waals surface area (Å²) in [6.45, 7) is 6.45. The van der Waals surface area contributed by atoms with E-state index in [1.807, 2.05) is 56.3 Å². The summed E-state index contributed by atoms with van der Waals surface area (Å²) < 4.78 is 18.4. The first-order chi connectivity index (χ1) is 14.9. The molecule has 31 heavy (non-hydrogen) atoms. The van der Waals surface area contributed by atoms with E-state index >= 15 is 0 Å². The number of para-hydroxylation sites is 1. The van der Waals surface area contributed by atoms with Crippen LogP contribution >= 0.6 is 22.6 Å². The summed E-state index contributed by atoms with van der Waals surface area (Å²) in [5.41, 5.74) is 2.66. The van der Waals surface area contributed by atoms with E-state index in [4.69, 9.17) is 14.2 Å². The highest BCUT2D eigenvalue weighted by Gasteiger charge is 2.18. The third kappa shape index (κ3) is 6.07. The zero-order valence-electron chi connectivity index (χ0n) is 17.8. The summed E-state index contributed by atoms with van der Waals surface area (Å²) in [5, 5.41) is 10.2. The Morgan fingerprint density at radius 2 is 1.90 bits per heavy atom. The van der Waals surface area contributed by atoms with Crippen LogP contribution in [0.3, 0.4) is 0 Å². The lowest BCUT2D eigenvalue weighted by atomic mass is 10.1. The van der Waals surface area contributed by atoms with Gasteiger partial charge in [-0.2, -0.15) is 0 Å². The van der Waals surface area contributed by atoms with E-state index in [0.717, 1.165) is 31.3 Å². The molecule has 0 aliphatic heterocycles. The Morgan fingerprint density at radius 1 is 1.16 bits per heavy atom. The molecule has 164 valence electrons. The Bertz CT molecular complexity index is 1040. The van der Waals surface area contributed by atoms with Crippen molar-refractivity contribution in [2.24, 2.45) is 0 Å². The van der Waals surface area contributed by atoms with Gasteiger partial charge < -0.3 is 19.3 Å². The van der Waals surface area contributed by atoms with Crippen LogP contribution in [0.15, 0.2) is 48.7 Å². The lowest BCUT2D eigenvalue weighted by Crippen LogP contribution is -2.26. The van der Waals surface area contributed by atoms with Gasteiger partial charge in [0.15, 0.2) is 6.10 Å². The molecule has 7 heteroatoms. The number of aliphatic carboxylic acids is 1. The summed E-state index contributed by atoms with van der Waals surface area (Å²) in [6, 6.07) is 13.4. The standard InChI is InChI=1S/C24H26INO5/c1-4-29-21(24(27)28)12-16-8-10-18(11-9-16)30-14-17-13-26-22-19(6-5-7-20(22)25)23(17)31-15(2)3/h5-11,13,15,21H,4,12,14H2,1-3H3,(H,27,28). The molecule has 6 nitrogen and oxygen atoms in total. The molecule has 3 aromatic rings. The summed E-state index contributed by atoms with van der Waals surface area (Å²) in [6.07, 6.45) is 1.28. The van der Waals surface area contributed by atoms with Gasteiger partial charge in [0, 0.05) is 28.2 Å². The number of hydrogen-bond acceptors (Lipinski definition) is 5. The number of halogens is 1. The lowest BCUT2D eigenvalue weighted by Gasteiger charge is -2.17. The molecule has 0 radical (unpaired) electrons. The van der Waals surface area contributed by atoms with Gasteiger partial charge >= 0.3 is 5.97 Å². The van der Waals surface area contributed by atoms with Crippen molar-refractivity contribution in [3.05, 3.63) is 63.4 Å². The monoisotopic (exact) mass is 535 g/mol. The van der Waals surface area contributed by atoms with Crippen molar-refractivity contribution in [1.29, 1.82) is 0 Å². The second kappa shape index (κ2) is 10.8. The zero-order chi connectivity index (χ0) is 22.4. The van der Waals surface area contributed by atoms with Gasteiger partial charge in [0.05, 0.1) is 17.2 Å². The molecule has 1 N–H and O–H groups in total. The van der Waals surface area contributed by atoms with Crippen molar-refractivity contribution in [2.75, 3.05) is 6.61 Å². The van der Waals surface area contributed by atoms with E-state index in [2.05, 4.69) is 27.6 Å². The van der Waals surface area contributed by atoms with E-state index in [-0.39, 0.29) is 6.10 Å². The molecule has 1 heterocycles. The van der Waals surface area contributed by atoms with E-state index in [1.165, 1.54) is 0 Å². The summed E-state index contributed by atoms with van der Waals surface area (Å²) >= 11 is 2.28. The van der Waals surface area contributed by atoms with E-state index in [0.29, 0.717) is 25.4 Å². The number of hydrogen-bond donors (Lipinski definition) is 1. The van der Waals surface area contributed by atoms with E-state index in [9.17, 15) is 9.90 Å². The van der Waals surface area contributed by atoms with Crippen molar-refractivity contribution in [3.63, 3.8) is 0 Å². The van der Waals surface area contributed by atoms with Gasteiger partial charge in [-0.25, -0.2) is 4.79 Å². The van der Waals surface area contributed by atoms with Crippen molar-refractivity contribution in [3.8, 4) is 11.5 Å². The highest BCUT2D eigenvalue weighted by molar-refractivity contribution is 14.1. The van der Waals surface area contributed by atoms with Crippen LogP contribution in [0.4, 0.5) is 0 Å². The Morgan fingerprint density at radius 3 is 2.55 bits per heavy atom. The van der Waals surface area contributed by atoms with E-state index < -0.39 is 12.1 Å². The first-order valence-corrected chi connectivity index (χ1v) is 11.3. The molecule has 1 atom stereocenters. The quantitative estimate of drug-likeness (QED) is 0.358. The molecule has 0 saturated heterocycles. The third-order valence-corrected chi connectivity index (χ3v) is 5.48. The van der Waals surface area contributed by atoms with Gasteiger partial charge in [-0.1, -0.05) is 18.2 Å². The average Bonchev–Trinajstić information content (AvgIpc) is 2.74. The van der Waals surface area contributed by atoms with Crippen LogP contribution in [0, 0.1) is 3.57 Å². The first-order valence-electron chi connectivity index (χ1n) is 10.2. The number of carboxylic acid groups (broad SMARTS) is 1. The van der Waals surface area contributed by atoms with Crippen LogP contribution in [0.1, 0.15) is 31.9 Å². The minimum absolute atomic E-state index is 0.0222. The molecule has 1 unspecified atom stereocenters. The van der Waals surface area contributed by atoms with Crippen LogP contribution in [0.5, 0.6) is 11.5 Å². The number of fused-ring (bicyclic) bond motifs is 1. The number of nitrogens with zero attached hydrogens (tertiary/aromatic N) is 1. The van der Waals surface area contributed by atoms with Crippen molar-refractivity contribution in [2.45, 2.75) is 46.0 Å². The van der Waals surface area contributed by atoms with E-state index in [1.54, 1.807) is 13.1 Å². The number of benzene rings is 2. The van der Waals surface area contributed by atoms with Gasteiger partial charge in [-0.15, -0.1) is 0 Å². The van der Waals surface area contributed by atoms with Gasteiger partial charge in [0.25, 0.3) is 0 Å². The fourth-order valence-corrected chi connectivity index (χ4v) is 3.83. The van der Waals surface area contributed by atoms with Gasteiger partial charge in [-0.05, 0) is 73.2 Å². The Kier molecular flexibility index (Phi) is 8.09. The van der Waals surface area contributed by atoms with Crippen LogP contribution in [0.25, 0.3) is 10.9 Å². The second-order valence-electron chi connectivity index (χ2n) is 7.33. The predicted molar refractivity (Wildman–Crippen MR) is 128 cm³/mol. The first kappa shape index (κ1) is 23.3. The molecule has 0 amide bonds. The highest BCUT2D eigenvalue weighted by atomic mass is 127. The van der Waals surface area contributed by atoms with Crippen LogP contribution < -0.4 is 9.47 Å². The molecule has 2 aromatic carbocycles. The maximum atomic E-state index is 11.3. The summed E-state index contributed by atoms with van der Waals surface area (Å²) in [5.74, 6) is 0.514. The maximum absolute atomic E-state index is 11.3. The fourth-order valence-electron chi connectivity index (χ4n) is 3.20. The molecule has 3 rings (SSSR count). The van der Waals surface area contributed by atoms with Crippen LogP contribution in [-0.2, 0) is 22.6 Å². The molecule has 0 saturated carbocycles. The second-order valence-corrected chi connectivity index (χ2v) is 8.50. The molecule has 0 aliphatic carbocycles. The SMILES string of the molecule is CCOC(Cc1ccc(OCc2cnc3c(I)cccc3c2OC(C)C)cc1)C(=O)O. The predicted octanol–water partition coefficient (Wildman–Crippen LogP) is 5.24. The van der Waals surface area contributed by atoms with Crippen molar-refractivity contribution in [1.82, 2.24) is 4.98 Å². The Balaban J connectivity index is 1.75. The maximum Gasteiger partial charge on any atom is 0.333 e. The third-order valence-electron chi connectivity index (χ3n) is 4.61. The molecule has 1 aromatic heterocycles. The molecular formula is C24H26INO5. The number of aromatic nitrogens is 1. The van der Waals surface area contributed by atoms with Crippen molar-refractivity contribution < 1.29 is 24.1 Å². The zero-order valence-corrected chi connectivity index (χ0v) is 20.0. The molecule has 0 aliphatic rings. The summed E-state index contributed by atoms with van der Waals surface area (Å²) in [4.78, 5) is 15.9. The van der Waals surface area contributed by atoms with Crippen LogP contribution in [0.2, 0.25) is 0 Å². The largest absolute Gasteiger partial charge is 0.490 e. The number of pyridine rings is 1. The number of carbonyl (C=O) groups is 1. The molecule has 0 spiro atoms. The minimum Gasteiger partial charge on any atom is -0.490 e. The van der Waals surface area contributed by atoms with Gasteiger partial charge in [0.2, 0.25) is 0 Å². The average molecular weight is 535 g/mol. The van der Waals surface area contributed by atoms with Gasteiger partial charge in [-0.3, -0.25) is 4.98 Å². The summed E-state index contributed by atoms with van der Waals surface area (Å²) in [7, 11) is 0. The Hall–Kier alpha value is -2.39. The number of rotatable bonds is 10. The highest BCUT2D eigenvalue weighted by Crippen LogP contribution is 2.32. The smallest absolute Gasteiger partial charge is 0.333 e. The lowest BCUT2D eigenvalue weighted by molar-refractivity contribution is -0.149. The van der Waals surface area contributed by atoms with Crippen molar-refractivity contribution >= 4 is 39.5 Å².